The van der Waals surface area contributed by atoms with Crippen LogP contribution < -0.4 is 5.32 Å². The summed E-state index contributed by atoms with van der Waals surface area (Å²) in [5, 5.41) is 10.4. The van der Waals surface area contributed by atoms with Crippen LogP contribution in [0.3, 0.4) is 0 Å². The molecule has 2 heterocycles. The summed E-state index contributed by atoms with van der Waals surface area (Å²) in [6.45, 7) is 3.49. The van der Waals surface area contributed by atoms with E-state index in [1.165, 1.54) is 11.9 Å². The topological polar surface area (TPSA) is 73.9 Å². The van der Waals surface area contributed by atoms with Crippen LogP contribution in [0, 0.1) is 5.92 Å². The van der Waals surface area contributed by atoms with Gasteiger partial charge < -0.3 is 5.32 Å². The molecule has 2 aromatic rings. The molecular weight excluding hydrogens is 322 g/mol. The number of hydrogen-bond acceptors (Lipinski definition) is 5. The van der Waals surface area contributed by atoms with Gasteiger partial charge in [0.25, 0.3) is 0 Å². The molecule has 24 heavy (non-hydrogen) atoms. The van der Waals surface area contributed by atoms with Crippen molar-refractivity contribution in [1.82, 2.24) is 25.4 Å². The van der Waals surface area contributed by atoms with Crippen molar-refractivity contribution in [3.8, 4) is 0 Å². The third kappa shape index (κ3) is 5.07. The monoisotopic (exact) mass is 345 g/mol. The number of H-pyrrole nitrogens is 1. The first kappa shape index (κ1) is 17.0. The highest BCUT2D eigenvalue weighted by Crippen LogP contribution is 2.19. The fourth-order valence-corrected chi connectivity index (χ4v) is 3.62. The quantitative estimate of drug-likeness (QED) is 0.592. The van der Waals surface area contributed by atoms with Gasteiger partial charge in [0.05, 0.1) is 5.92 Å². The molecule has 0 bridgehead atoms. The summed E-state index contributed by atoms with van der Waals surface area (Å²) in [7, 11) is 0. The minimum atomic E-state index is 0.0951. The fraction of sp³-hybridized carbons (Fsp3) is 0.471. The number of rotatable bonds is 7. The maximum atomic E-state index is 12.4. The zero-order valence-corrected chi connectivity index (χ0v) is 14.5. The van der Waals surface area contributed by atoms with E-state index in [1.807, 2.05) is 6.07 Å². The van der Waals surface area contributed by atoms with E-state index in [4.69, 9.17) is 0 Å². The molecular formula is C17H23N5OS. The van der Waals surface area contributed by atoms with Crippen molar-refractivity contribution in [2.24, 2.45) is 5.92 Å². The summed E-state index contributed by atoms with van der Waals surface area (Å²) in [6, 6.07) is 10.5. The number of carbonyl (C=O) groups is 1. The van der Waals surface area contributed by atoms with Crippen molar-refractivity contribution < 1.29 is 4.79 Å². The van der Waals surface area contributed by atoms with Crippen molar-refractivity contribution in [2.45, 2.75) is 24.5 Å². The SMILES string of the molecule is O=C(NCCSc1ncn[nH]1)C1CCCN(Cc2ccccc2)C1. The smallest absolute Gasteiger partial charge is 0.224 e. The maximum absolute atomic E-state index is 12.4. The van der Waals surface area contributed by atoms with Crippen molar-refractivity contribution >= 4 is 17.7 Å². The zero-order valence-electron chi connectivity index (χ0n) is 13.6. The van der Waals surface area contributed by atoms with Crippen LogP contribution in [0.2, 0.25) is 0 Å². The molecule has 1 atom stereocenters. The molecule has 6 nitrogen and oxygen atoms in total. The third-order valence-electron chi connectivity index (χ3n) is 4.16. The van der Waals surface area contributed by atoms with Crippen LogP contribution in [0.1, 0.15) is 18.4 Å². The first-order valence-electron chi connectivity index (χ1n) is 8.33. The lowest BCUT2D eigenvalue weighted by Crippen LogP contribution is -2.43. The Hall–Kier alpha value is -1.86. The average Bonchev–Trinajstić information content (AvgIpc) is 3.13. The van der Waals surface area contributed by atoms with E-state index in [-0.39, 0.29) is 11.8 Å². The zero-order chi connectivity index (χ0) is 16.6. The lowest BCUT2D eigenvalue weighted by molar-refractivity contribution is -0.126. The molecule has 1 fully saturated rings. The number of nitrogens with one attached hydrogen (secondary N) is 2. The average molecular weight is 345 g/mol. The number of benzene rings is 1. The second-order valence-corrected chi connectivity index (χ2v) is 7.07. The number of hydrogen-bond donors (Lipinski definition) is 2. The molecule has 1 unspecified atom stereocenters. The largest absolute Gasteiger partial charge is 0.355 e. The molecule has 2 N–H and O–H groups in total. The molecule has 1 aromatic carbocycles. The lowest BCUT2D eigenvalue weighted by Gasteiger charge is -2.32. The molecule has 1 aliphatic heterocycles. The van der Waals surface area contributed by atoms with Crippen LogP contribution >= 0.6 is 11.8 Å². The van der Waals surface area contributed by atoms with Crippen molar-refractivity contribution in [3.05, 3.63) is 42.2 Å². The standard InChI is InChI=1S/C17H23N5OS/c23-16(18-8-10-24-17-19-13-20-21-17)15-7-4-9-22(12-15)11-14-5-2-1-3-6-14/h1-3,5-6,13,15H,4,7-12H2,(H,18,23)(H,19,20,21). The summed E-state index contributed by atoms with van der Waals surface area (Å²) in [6.07, 6.45) is 3.55. The highest BCUT2D eigenvalue weighted by atomic mass is 32.2. The summed E-state index contributed by atoms with van der Waals surface area (Å²) in [5.74, 6) is 1.06. The third-order valence-corrected chi connectivity index (χ3v) is 5.04. The van der Waals surface area contributed by atoms with Crippen LogP contribution in [0.4, 0.5) is 0 Å². The number of thioether (sulfide) groups is 1. The van der Waals surface area contributed by atoms with E-state index in [1.54, 1.807) is 11.8 Å². The summed E-state index contributed by atoms with van der Waals surface area (Å²) >= 11 is 1.56. The summed E-state index contributed by atoms with van der Waals surface area (Å²) in [4.78, 5) is 18.8. The fourth-order valence-electron chi connectivity index (χ4n) is 2.98. The Morgan fingerprint density at radius 2 is 2.25 bits per heavy atom. The molecule has 1 amide bonds. The highest BCUT2D eigenvalue weighted by Gasteiger charge is 2.25. The van der Waals surface area contributed by atoms with Gasteiger partial charge in [-0.05, 0) is 24.9 Å². The van der Waals surface area contributed by atoms with Gasteiger partial charge in [0.2, 0.25) is 5.91 Å². The Kier molecular flexibility index (Phi) is 6.26. The van der Waals surface area contributed by atoms with E-state index in [0.717, 1.165) is 43.4 Å². The molecule has 1 aliphatic rings. The molecule has 128 valence electrons. The molecule has 3 rings (SSSR count). The maximum Gasteiger partial charge on any atom is 0.224 e. The van der Waals surface area contributed by atoms with Gasteiger partial charge in [0, 0.05) is 25.4 Å². The van der Waals surface area contributed by atoms with E-state index < -0.39 is 0 Å². The first-order valence-corrected chi connectivity index (χ1v) is 9.32. The number of amides is 1. The molecule has 1 saturated heterocycles. The summed E-state index contributed by atoms with van der Waals surface area (Å²) < 4.78 is 0. The Labute approximate surface area is 146 Å². The number of aromatic nitrogens is 3. The number of aromatic amines is 1. The second-order valence-electron chi connectivity index (χ2n) is 5.99. The van der Waals surface area contributed by atoms with Crippen LogP contribution in [-0.2, 0) is 11.3 Å². The van der Waals surface area contributed by atoms with Crippen LogP contribution in [-0.4, -0.2) is 51.4 Å². The number of piperidine rings is 1. The Morgan fingerprint density at radius 3 is 3.04 bits per heavy atom. The summed E-state index contributed by atoms with van der Waals surface area (Å²) in [5.41, 5.74) is 1.31. The predicted molar refractivity (Wildman–Crippen MR) is 94.6 cm³/mol. The molecule has 0 saturated carbocycles. The van der Waals surface area contributed by atoms with Crippen molar-refractivity contribution in [3.63, 3.8) is 0 Å². The van der Waals surface area contributed by atoms with Gasteiger partial charge in [-0.1, -0.05) is 42.1 Å². The van der Waals surface area contributed by atoms with Gasteiger partial charge >= 0.3 is 0 Å². The van der Waals surface area contributed by atoms with Crippen LogP contribution in [0.5, 0.6) is 0 Å². The first-order chi connectivity index (χ1) is 11.8. The van der Waals surface area contributed by atoms with Gasteiger partial charge in [-0.15, -0.1) is 0 Å². The van der Waals surface area contributed by atoms with Gasteiger partial charge in [-0.3, -0.25) is 14.8 Å². The van der Waals surface area contributed by atoms with Crippen molar-refractivity contribution in [2.75, 3.05) is 25.4 Å². The molecule has 0 aliphatic carbocycles. The van der Waals surface area contributed by atoms with Gasteiger partial charge in [-0.25, -0.2) is 4.98 Å². The van der Waals surface area contributed by atoms with Gasteiger partial charge in [0.1, 0.15) is 6.33 Å². The number of likely N-dealkylation sites (tertiary alicyclic amines) is 1. The van der Waals surface area contributed by atoms with E-state index >= 15 is 0 Å². The minimum absolute atomic E-state index is 0.0951. The van der Waals surface area contributed by atoms with Crippen LogP contribution in [0.15, 0.2) is 41.8 Å². The minimum Gasteiger partial charge on any atom is -0.355 e. The van der Waals surface area contributed by atoms with Gasteiger partial charge in [-0.2, -0.15) is 5.10 Å². The highest BCUT2D eigenvalue weighted by molar-refractivity contribution is 7.99. The number of carbonyl (C=O) groups excluding carboxylic acids is 1. The van der Waals surface area contributed by atoms with Crippen LogP contribution in [0.25, 0.3) is 0 Å². The molecule has 0 radical (unpaired) electrons. The van der Waals surface area contributed by atoms with E-state index in [9.17, 15) is 4.79 Å². The predicted octanol–water partition coefficient (Wildman–Crippen LogP) is 1.93. The normalized spacial score (nSPS) is 18.4. The second kappa shape index (κ2) is 8.84. The van der Waals surface area contributed by atoms with Gasteiger partial charge in [0.15, 0.2) is 5.16 Å². The lowest BCUT2D eigenvalue weighted by atomic mass is 9.96. The molecule has 0 spiro atoms. The Balaban J connectivity index is 1.39. The molecule has 7 heteroatoms. The van der Waals surface area contributed by atoms with E-state index in [0.29, 0.717) is 6.54 Å². The Bertz CT molecular complexity index is 619. The number of nitrogens with zero attached hydrogens (tertiary/aromatic N) is 3. The van der Waals surface area contributed by atoms with E-state index in [2.05, 4.69) is 49.7 Å². The Morgan fingerprint density at radius 1 is 1.38 bits per heavy atom. The molecule has 1 aromatic heterocycles. The van der Waals surface area contributed by atoms with Crippen molar-refractivity contribution in [1.29, 1.82) is 0 Å².